The number of sulfone groups is 1. The molecule has 150 valence electrons. The van der Waals surface area contributed by atoms with Crippen LogP contribution >= 0.6 is 0 Å². The Kier molecular flexibility index (Phi) is 5.29. The molecule has 0 spiro atoms. The molecule has 0 amide bonds. The second-order valence-electron chi connectivity index (χ2n) is 6.62. The van der Waals surface area contributed by atoms with Crippen LogP contribution in [0.5, 0.6) is 5.88 Å². The van der Waals surface area contributed by atoms with Gasteiger partial charge in [0.05, 0.1) is 22.6 Å². The van der Waals surface area contributed by atoms with Crippen LogP contribution in [0.2, 0.25) is 0 Å². The largest absolute Gasteiger partial charge is 0.493 e. The Bertz CT molecular complexity index is 1080. The quantitative estimate of drug-likeness (QED) is 0.604. The molecular weight excluding hydrogens is 382 g/mol. The van der Waals surface area contributed by atoms with E-state index in [1.165, 1.54) is 10.9 Å². The van der Waals surface area contributed by atoms with E-state index in [2.05, 4.69) is 10.3 Å². The van der Waals surface area contributed by atoms with Gasteiger partial charge in [-0.3, -0.25) is 4.79 Å². The normalized spacial score (nSPS) is 16.8. The van der Waals surface area contributed by atoms with Gasteiger partial charge in [0.15, 0.2) is 15.6 Å². The minimum absolute atomic E-state index is 0.0520. The second kappa shape index (κ2) is 7.38. The highest BCUT2D eigenvalue weighted by Gasteiger charge is 2.34. The summed E-state index contributed by atoms with van der Waals surface area (Å²) in [6.45, 7) is 7.71. The van der Waals surface area contributed by atoms with Crippen molar-refractivity contribution in [1.82, 2.24) is 9.78 Å². The molecule has 1 N–H and O–H groups in total. The zero-order valence-electron chi connectivity index (χ0n) is 16.3. The topological polar surface area (TPSA) is 111 Å². The summed E-state index contributed by atoms with van der Waals surface area (Å²) in [6, 6.07) is 1.56. The van der Waals surface area contributed by atoms with E-state index in [1.54, 1.807) is 33.8 Å². The summed E-state index contributed by atoms with van der Waals surface area (Å²) >= 11 is 0. The fraction of sp³-hybridized carbons (Fsp3) is 0.421. The summed E-state index contributed by atoms with van der Waals surface area (Å²) in [5.41, 5.74) is 2.28. The van der Waals surface area contributed by atoms with Crippen LogP contribution in [0.15, 0.2) is 22.3 Å². The third kappa shape index (κ3) is 3.19. The number of hydrogen-bond acceptors (Lipinski definition) is 7. The molecule has 9 heteroatoms. The Balaban J connectivity index is 2.24. The Hall–Kier alpha value is -2.68. The first-order valence-electron chi connectivity index (χ1n) is 9.08. The average Bonchev–Trinajstić information content (AvgIpc) is 3.03. The van der Waals surface area contributed by atoms with Gasteiger partial charge in [0.1, 0.15) is 12.2 Å². The summed E-state index contributed by atoms with van der Waals surface area (Å²) in [6.07, 6.45) is 1.54. The highest BCUT2D eigenvalue weighted by Crippen LogP contribution is 2.34. The van der Waals surface area contributed by atoms with Crippen LogP contribution in [0, 0.1) is 13.8 Å². The van der Waals surface area contributed by atoms with Gasteiger partial charge in [0.25, 0.3) is 0 Å². The predicted octanol–water partition coefficient (Wildman–Crippen LogP) is 2.37. The molecule has 2 aromatic rings. The molecule has 1 aromatic heterocycles. The van der Waals surface area contributed by atoms with E-state index in [0.29, 0.717) is 41.1 Å². The number of oxime groups is 1. The molecule has 0 unspecified atom stereocenters. The van der Waals surface area contributed by atoms with E-state index in [4.69, 9.17) is 4.84 Å². The van der Waals surface area contributed by atoms with Crippen molar-refractivity contribution in [3.05, 3.63) is 40.1 Å². The number of rotatable bonds is 5. The van der Waals surface area contributed by atoms with E-state index >= 15 is 0 Å². The molecule has 8 nitrogen and oxygen atoms in total. The van der Waals surface area contributed by atoms with E-state index in [1.807, 2.05) is 0 Å². The van der Waals surface area contributed by atoms with Gasteiger partial charge in [0.2, 0.25) is 5.88 Å². The zero-order valence-corrected chi connectivity index (χ0v) is 17.1. The van der Waals surface area contributed by atoms with Crippen molar-refractivity contribution in [2.45, 2.75) is 45.6 Å². The number of aryl methyl sites for hydroxylation is 2. The number of carbonyl (C=O) groups excluding carboxylic acids is 1. The minimum Gasteiger partial charge on any atom is -0.493 e. The summed E-state index contributed by atoms with van der Waals surface area (Å²) < 4.78 is 26.7. The Morgan fingerprint density at radius 2 is 2.04 bits per heavy atom. The van der Waals surface area contributed by atoms with Crippen molar-refractivity contribution in [2.24, 2.45) is 5.16 Å². The summed E-state index contributed by atoms with van der Waals surface area (Å²) in [5.74, 6) is -0.679. The first-order chi connectivity index (χ1) is 13.2. The van der Waals surface area contributed by atoms with Crippen molar-refractivity contribution >= 4 is 21.3 Å². The number of carbonyl (C=O) groups is 1. The van der Waals surface area contributed by atoms with Crippen molar-refractivity contribution in [3.8, 4) is 5.88 Å². The minimum atomic E-state index is -3.48. The number of ketones is 1. The van der Waals surface area contributed by atoms with Crippen LogP contribution in [0.1, 0.15) is 52.9 Å². The molecular formula is C19H23N3O5S. The van der Waals surface area contributed by atoms with Gasteiger partial charge in [-0.25, -0.2) is 13.1 Å². The van der Waals surface area contributed by atoms with E-state index in [9.17, 15) is 18.3 Å². The van der Waals surface area contributed by atoms with Gasteiger partial charge < -0.3 is 9.94 Å². The number of aromatic hydroxyl groups is 1. The molecule has 0 bridgehead atoms. The van der Waals surface area contributed by atoms with Crippen LogP contribution in [-0.2, 0) is 21.2 Å². The van der Waals surface area contributed by atoms with Crippen LogP contribution in [0.4, 0.5) is 0 Å². The van der Waals surface area contributed by atoms with Gasteiger partial charge in [-0.2, -0.15) is 5.10 Å². The predicted molar refractivity (Wildman–Crippen MR) is 104 cm³/mol. The van der Waals surface area contributed by atoms with Gasteiger partial charge in [-0.15, -0.1) is 0 Å². The molecule has 28 heavy (non-hydrogen) atoms. The molecule has 0 saturated carbocycles. The van der Waals surface area contributed by atoms with Crippen LogP contribution in [0.3, 0.4) is 0 Å². The fourth-order valence-corrected chi connectivity index (χ4v) is 5.28. The van der Waals surface area contributed by atoms with E-state index in [-0.39, 0.29) is 28.5 Å². The molecule has 3 rings (SSSR count). The highest BCUT2D eigenvalue weighted by molar-refractivity contribution is 7.91. The maximum atomic E-state index is 13.1. The fourth-order valence-electron chi connectivity index (χ4n) is 3.48. The lowest BCUT2D eigenvalue weighted by Crippen LogP contribution is -2.26. The second-order valence-corrected chi connectivity index (χ2v) is 8.67. The number of aromatic nitrogens is 2. The molecule has 0 radical (unpaired) electrons. The lowest BCUT2D eigenvalue weighted by atomic mass is 9.91. The first kappa shape index (κ1) is 20.1. The molecule has 2 heterocycles. The number of hydrogen-bond donors (Lipinski definition) is 1. The maximum absolute atomic E-state index is 13.1. The zero-order chi connectivity index (χ0) is 20.6. The monoisotopic (exact) mass is 405 g/mol. The van der Waals surface area contributed by atoms with Gasteiger partial charge in [-0.05, 0) is 44.9 Å². The van der Waals surface area contributed by atoms with Crippen LogP contribution in [-0.4, -0.2) is 47.2 Å². The standard InChI is InChI=1S/C19H23N3O5S/c1-5-22-19(24)14(10-20-22)17(23)13-9-11(3)18-16(12(13)4)15(21-27-6-2)7-8-28(18,25)26/h9-10,24H,5-8H2,1-4H3/b21-15-. The molecule has 0 aliphatic carbocycles. The Labute approximate surface area is 163 Å². The Morgan fingerprint density at radius 1 is 1.32 bits per heavy atom. The van der Waals surface area contributed by atoms with Crippen molar-refractivity contribution in [2.75, 3.05) is 12.4 Å². The van der Waals surface area contributed by atoms with Gasteiger partial charge in [-0.1, -0.05) is 5.16 Å². The SMILES string of the molecule is CCO/N=C1/CCS(=O)(=O)c2c(C)cc(C(=O)c3cnn(CC)c3O)c(C)c21. The molecule has 0 atom stereocenters. The molecule has 0 fully saturated rings. The summed E-state index contributed by atoms with van der Waals surface area (Å²) in [4.78, 5) is 18.5. The van der Waals surface area contributed by atoms with Crippen LogP contribution < -0.4 is 0 Å². The summed E-state index contributed by atoms with van der Waals surface area (Å²) in [5, 5.41) is 18.3. The van der Waals surface area contributed by atoms with E-state index < -0.39 is 15.6 Å². The first-order valence-corrected chi connectivity index (χ1v) is 10.7. The third-order valence-electron chi connectivity index (χ3n) is 4.84. The maximum Gasteiger partial charge on any atom is 0.220 e. The lowest BCUT2D eigenvalue weighted by Gasteiger charge is -2.23. The van der Waals surface area contributed by atoms with Crippen molar-refractivity contribution in [3.63, 3.8) is 0 Å². The third-order valence-corrected chi connectivity index (χ3v) is 6.73. The number of benzene rings is 1. The molecule has 0 saturated heterocycles. The van der Waals surface area contributed by atoms with E-state index in [0.717, 1.165) is 0 Å². The number of fused-ring (bicyclic) bond motifs is 1. The lowest BCUT2D eigenvalue weighted by molar-refractivity contribution is 0.103. The highest BCUT2D eigenvalue weighted by atomic mass is 32.2. The molecule has 1 aliphatic heterocycles. The average molecular weight is 405 g/mol. The van der Waals surface area contributed by atoms with Gasteiger partial charge >= 0.3 is 0 Å². The summed E-state index contributed by atoms with van der Waals surface area (Å²) in [7, 11) is -3.48. The molecule has 1 aromatic carbocycles. The van der Waals surface area contributed by atoms with Gasteiger partial charge in [0, 0.05) is 24.1 Å². The van der Waals surface area contributed by atoms with Crippen LogP contribution in [0.25, 0.3) is 0 Å². The smallest absolute Gasteiger partial charge is 0.220 e. The Morgan fingerprint density at radius 3 is 2.64 bits per heavy atom. The van der Waals surface area contributed by atoms with Crippen molar-refractivity contribution < 1.29 is 23.2 Å². The molecule has 1 aliphatic rings. The van der Waals surface area contributed by atoms with Crippen molar-refractivity contribution in [1.29, 1.82) is 0 Å². The number of nitrogens with zero attached hydrogens (tertiary/aromatic N) is 3.